The van der Waals surface area contributed by atoms with Crippen LogP contribution in [-0.4, -0.2) is 11.1 Å². The van der Waals surface area contributed by atoms with Crippen molar-refractivity contribution in [2.75, 3.05) is 5.73 Å². The summed E-state index contributed by atoms with van der Waals surface area (Å²) in [6.45, 7) is 2.19. The maximum Gasteiger partial charge on any atom is 0.314 e. The quantitative estimate of drug-likeness (QED) is 0.772. The van der Waals surface area contributed by atoms with Gasteiger partial charge in [0, 0.05) is 5.69 Å². The molecule has 0 atom stereocenters. The molecule has 1 aliphatic carbocycles. The second-order valence-corrected chi connectivity index (χ2v) is 5.20. The number of hydrogen-bond acceptors (Lipinski definition) is 2. The number of nitrogens with two attached hydrogens (primary N) is 1. The fourth-order valence-electron chi connectivity index (χ4n) is 2.72. The Morgan fingerprint density at radius 1 is 1.41 bits per heavy atom. The van der Waals surface area contributed by atoms with E-state index in [1.807, 2.05) is 18.2 Å². The maximum atomic E-state index is 11.7. The van der Waals surface area contributed by atoms with E-state index in [1.54, 1.807) is 6.07 Å². The third-order valence-electron chi connectivity index (χ3n) is 3.98. The number of benzene rings is 1. The summed E-state index contributed by atoms with van der Waals surface area (Å²) < 4.78 is 0. The van der Waals surface area contributed by atoms with E-state index < -0.39 is 11.4 Å². The van der Waals surface area contributed by atoms with E-state index in [4.69, 9.17) is 5.73 Å². The van der Waals surface area contributed by atoms with Crippen LogP contribution in [0.15, 0.2) is 24.3 Å². The summed E-state index contributed by atoms with van der Waals surface area (Å²) in [4.78, 5) is 11.7. The fourth-order valence-corrected chi connectivity index (χ4v) is 2.72. The zero-order valence-electron chi connectivity index (χ0n) is 10.1. The van der Waals surface area contributed by atoms with Crippen LogP contribution in [0.25, 0.3) is 0 Å². The van der Waals surface area contributed by atoms with Crippen molar-refractivity contribution >= 4 is 11.7 Å². The monoisotopic (exact) mass is 233 g/mol. The maximum absolute atomic E-state index is 11.7. The number of rotatable bonds is 2. The highest BCUT2D eigenvalue weighted by atomic mass is 16.4. The average molecular weight is 233 g/mol. The average Bonchev–Trinajstić information content (AvgIpc) is 2.30. The minimum absolute atomic E-state index is 0.628. The van der Waals surface area contributed by atoms with Gasteiger partial charge in [0.1, 0.15) is 0 Å². The van der Waals surface area contributed by atoms with Gasteiger partial charge in [-0.05, 0) is 49.3 Å². The summed E-state index contributed by atoms with van der Waals surface area (Å²) in [6, 6.07) is 7.34. The summed E-state index contributed by atoms with van der Waals surface area (Å²) >= 11 is 0. The van der Waals surface area contributed by atoms with Crippen molar-refractivity contribution in [1.29, 1.82) is 0 Å². The summed E-state index contributed by atoms with van der Waals surface area (Å²) in [5, 5.41) is 9.58. The predicted molar refractivity (Wildman–Crippen MR) is 67.8 cm³/mol. The molecule has 3 heteroatoms. The Bertz CT molecular complexity index is 420. The number of carboxylic acid groups (broad SMARTS) is 1. The van der Waals surface area contributed by atoms with Crippen molar-refractivity contribution in [3.63, 3.8) is 0 Å². The molecule has 17 heavy (non-hydrogen) atoms. The van der Waals surface area contributed by atoms with Crippen molar-refractivity contribution in [2.45, 2.75) is 38.0 Å². The summed E-state index contributed by atoms with van der Waals surface area (Å²) in [5.41, 5.74) is 6.54. The molecule has 3 nitrogen and oxygen atoms in total. The van der Waals surface area contributed by atoms with Crippen LogP contribution in [0.2, 0.25) is 0 Å². The minimum atomic E-state index is -0.720. The van der Waals surface area contributed by atoms with E-state index in [9.17, 15) is 9.90 Å². The van der Waals surface area contributed by atoms with Crippen LogP contribution in [0.4, 0.5) is 5.69 Å². The normalized spacial score (nSPS) is 28.9. The van der Waals surface area contributed by atoms with E-state index in [1.165, 1.54) is 0 Å². The lowest BCUT2D eigenvalue weighted by Gasteiger charge is -2.36. The summed E-state index contributed by atoms with van der Waals surface area (Å²) in [5.74, 6) is -0.0847. The Hall–Kier alpha value is -1.51. The Labute approximate surface area is 102 Å². The molecule has 2 rings (SSSR count). The molecule has 1 aliphatic rings. The van der Waals surface area contributed by atoms with Crippen LogP contribution < -0.4 is 5.73 Å². The van der Waals surface area contributed by atoms with Gasteiger partial charge in [-0.15, -0.1) is 0 Å². The molecule has 0 amide bonds. The van der Waals surface area contributed by atoms with Gasteiger partial charge in [0.2, 0.25) is 0 Å². The molecule has 1 aromatic carbocycles. The van der Waals surface area contributed by atoms with E-state index >= 15 is 0 Å². The topological polar surface area (TPSA) is 63.3 Å². The number of nitrogen functional groups attached to an aromatic ring is 1. The Morgan fingerprint density at radius 3 is 2.59 bits per heavy atom. The minimum Gasteiger partial charge on any atom is -0.481 e. The van der Waals surface area contributed by atoms with Gasteiger partial charge < -0.3 is 10.8 Å². The number of hydrogen-bond donors (Lipinski definition) is 2. The van der Waals surface area contributed by atoms with Crippen molar-refractivity contribution in [1.82, 2.24) is 0 Å². The molecular formula is C14H19NO2. The number of anilines is 1. The zero-order valence-corrected chi connectivity index (χ0v) is 10.1. The standard InChI is InChI=1S/C14H19NO2/c1-10-5-7-14(8-6-10,13(16)17)11-3-2-4-12(15)9-11/h2-4,9-10H,5-8,15H2,1H3,(H,16,17). The number of carboxylic acids is 1. The highest BCUT2D eigenvalue weighted by molar-refractivity contribution is 5.82. The smallest absolute Gasteiger partial charge is 0.314 e. The van der Waals surface area contributed by atoms with Crippen LogP contribution in [-0.2, 0) is 10.2 Å². The van der Waals surface area contributed by atoms with Crippen LogP contribution in [0, 0.1) is 5.92 Å². The van der Waals surface area contributed by atoms with Gasteiger partial charge in [-0.2, -0.15) is 0 Å². The number of aliphatic carboxylic acids is 1. The molecule has 0 spiro atoms. The van der Waals surface area contributed by atoms with Gasteiger partial charge in [0.05, 0.1) is 5.41 Å². The van der Waals surface area contributed by atoms with Crippen LogP contribution in [0.1, 0.15) is 38.2 Å². The highest BCUT2D eigenvalue weighted by Gasteiger charge is 2.42. The van der Waals surface area contributed by atoms with E-state index in [2.05, 4.69) is 6.92 Å². The molecule has 92 valence electrons. The lowest BCUT2D eigenvalue weighted by atomic mass is 9.67. The Balaban J connectivity index is 2.38. The summed E-state index contributed by atoms with van der Waals surface area (Å²) in [6.07, 6.45) is 3.38. The second-order valence-electron chi connectivity index (χ2n) is 5.20. The van der Waals surface area contributed by atoms with Gasteiger partial charge in [-0.3, -0.25) is 4.79 Å². The van der Waals surface area contributed by atoms with Crippen LogP contribution >= 0.6 is 0 Å². The Morgan fingerprint density at radius 2 is 2.06 bits per heavy atom. The first-order chi connectivity index (χ1) is 8.04. The molecule has 0 aliphatic heterocycles. The molecular weight excluding hydrogens is 214 g/mol. The van der Waals surface area contributed by atoms with Gasteiger partial charge in [-0.25, -0.2) is 0 Å². The van der Waals surface area contributed by atoms with Crippen molar-refractivity contribution in [3.05, 3.63) is 29.8 Å². The Kier molecular flexibility index (Phi) is 3.09. The number of carbonyl (C=O) groups is 1. The molecule has 0 saturated heterocycles. The lowest BCUT2D eigenvalue weighted by Crippen LogP contribution is -2.39. The van der Waals surface area contributed by atoms with Gasteiger partial charge in [-0.1, -0.05) is 19.1 Å². The van der Waals surface area contributed by atoms with E-state index in [0.29, 0.717) is 24.4 Å². The molecule has 1 saturated carbocycles. The van der Waals surface area contributed by atoms with Crippen LogP contribution in [0.3, 0.4) is 0 Å². The van der Waals surface area contributed by atoms with Crippen molar-refractivity contribution < 1.29 is 9.90 Å². The van der Waals surface area contributed by atoms with E-state index in [0.717, 1.165) is 18.4 Å². The SMILES string of the molecule is CC1CCC(C(=O)O)(c2cccc(N)c2)CC1. The molecule has 0 heterocycles. The van der Waals surface area contributed by atoms with E-state index in [-0.39, 0.29) is 0 Å². The third-order valence-corrected chi connectivity index (χ3v) is 3.98. The largest absolute Gasteiger partial charge is 0.481 e. The predicted octanol–water partition coefficient (Wildman–Crippen LogP) is 2.80. The van der Waals surface area contributed by atoms with Crippen molar-refractivity contribution in [2.24, 2.45) is 5.92 Å². The molecule has 1 fully saturated rings. The fraction of sp³-hybridized carbons (Fsp3) is 0.500. The zero-order chi connectivity index (χ0) is 12.5. The molecule has 0 aromatic heterocycles. The van der Waals surface area contributed by atoms with Crippen molar-refractivity contribution in [3.8, 4) is 0 Å². The lowest BCUT2D eigenvalue weighted by molar-refractivity contribution is -0.145. The third kappa shape index (κ3) is 2.14. The first kappa shape index (κ1) is 12.0. The first-order valence-corrected chi connectivity index (χ1v) is 6.14. The molecule has 0 radical (unpaired) electrons. The summed E-state index contributed by atoms with van der Waals surface area (Å²) in [7, 11) is 0. The first-order valence-electron chi connectivity index (χ1n) is 6.14. The van der Waals surface area contributed by atoms with Crippen LogP contribution in [0.5, 0.6) is 0 Å². The van der Waals surface area contributed by atoms with Gasteiger partial charge in [0.15, 0.2) is 0 Å². The molecule has 1 aromatic rings. The van der Waals surface area contributed by atoms with Gasteiger partial charge >= 0.3 is 5.97 Å². The van der Waals surface area contributed by atoms with Gasteiger partial charge in [0.25, 0.3) is 0 Å². The molecule has 3 N–H and O–H groups in total. The molecule has 0 bridgehead atoms. The highest BCUT2D eigenvalue weighted by Crippen LogP contribution is 2.42. The molecule has 0 unspecified atom stereocenters. The second kappa shape index (κ2) is 4.40.